The minimum Gasteiger partial charge on any atom is -0.481 e. The maximum Gasteiger partial charge on any atom is 0.303 e. The lowest BCUT2D eigenvalue weighted by Gasteiger charge is -2.16. The van der Waals surface area contributed by atoms with Crippen molar-refractivity contribution in [2.75, 3.05) is 7.05 Å². The second-order valence-electron chi connectivity index (χ2n) is 3.86. The highest BCUT2D eigenvalue weighted by Crippen LogP contribution is 2.05. The Hall–Kier alpha value is -1.91. The molecule has 5 heteroatoms. The van der Waals surface area contributed by atoms with E-state index in [1.807, 2.05) is 12.1 Å². The zero-order chi connectivity index (χ0) is 12.7. The fraction of sp³-hybridized carbons (Fsp3) is 0.417. The summed E-state index contributed by atoms with van der Waals surface area (Å²) in [5.41, 5.74) is 0.960. The standard InChI is InChI=1S/C12H16N2O3/c1-14(9-10-4-3-7-13-8-10)11(15)5-2-6-12(16)17/h3-4,7-8H,2,5-6,9H2,1H3,(H,16,17). The first-order valence-electron chi connectivity index (χ1n) is 5.44. The van der Waals surface area contributed by atoms with Gasteiger partial charge in [0.25, 0.3) is 0 Å². The number of hydrogen-bond acceptors (Lipinski definition) is 3. The molecule has 1 N–H and O–H groups in total. The predicted molar refractivity (Wildman–Crippen MR) is 62.2 cm³/mol. The number of carbonyl (C=O) groups excluding carboxylic acids is 1. The summed E-state index contributed by atoms with van der Waals surface area (Å²) in [6, 6.07) is 3.71. The SMILES string of the molecule is CN(Cc1cccnc1)C(=O)CCCC(=O)O. The van der Waals surface area contributed by atoms with Gasteiger partial charge in [0, 0.05) is 38.8 Å². The van der Waals surface area contributed by atoms with Crippen LogP contribution >= 0.6 is 0 Å². The lowest BCUT2D eigenvalue weighted by atomic mass is 10.2. The summed E-state index contributed by atoms with van der Waals surface area (Å²) in [5, 5.41) is 8.47. The number of carbonyl (C=O) groups is 2. The number of aromatic nitrogens is 1. The van der Waals surface area contributed by atoms with E-state index in [2.05, 4.69) is 4.98 Å². The van der Waals surface area contributed by atoms with Crippen LogP contribution in [0.3, 0.4) is 0 Å². The van der Waals surface area contributed by atoms with Crippen molar-refractivity contribution >= 4 is 11.9 Å². The van der Waals surface area contributed by atoms with Crippen molar-refractivity contribution in [3.8, 4) is 0 Å². The third kappa shape index (κ3) is 5.10. The highest BCUT2D eigenvalue weighted by atomic mass is 16.4. The molecule has 0 aliphatic rings. The number of aliphatic carboxylic acids is 1. The van der Waals surface area contributed by atoms with E-state index in [1.165, 1.54) is 0 Å². The molecular formula is C12H16N2O3. The highest BCUT2D eigenvalue weighted by Gasteiger charge is 2.09. The quantitative estimate of drug-likeness (QED) is 0.808. The van der Waals surface area contributed by atoms with Crippen molar-refractivity contribution in [3.05, 3.63) is 30.1 Å². The Morgan fingerprint density at radius 2 is 2.18 bits per heavy atom. The molecule has 1 aromatic rings. The Bertz CT molecular complexity index is 379. The van der Waals surface area contributed by atoms with Gasteiger partial charge in [0.15, 0.2) is 0 Å². The minimum absolute atomic E-state index is 0.0342. The number of carboxylic acids is 1. The van der Waals surface area contributed by atoms with Gasteiger partial charge in [0.05, 0.1) is 0 Å². The van der Waals surface area contributed by atoms with Crippen LogP contribution in [0, 0.1) is 0 Å². The highest BCUT2D eigenvalue weighted by molar-refractivity contribution is 5.76. The molecule has 0 saturated heterocycles. The van der Waals surface area contributed by atoms with Crippen molar-refractivity contribution in [3.63, 3.8) is 0 Å². The van der Waals surface area contributed by atoms with E-state index < -0.39 is 5.97 Å². The average molecular weight is 236 g/mol. The summed E-state index contributed by atoms with van der Waals surface area (Å²) in [4.78, 5) is 27.5. The van der Waals surface area contributed by atoms with Gasteiger partial charge in [-0.25, -0.2) is 0 Å². The number of rotatable bonds is 6. The van der Waals surface area contributed by atoms with E-state index in [4.69, 9.17) is 5.11 Å². The first-order valence-corrected chi connectivity index (χ1v) is 5.44. The van der Waals surface area contributed by atoms with Gasteiger partial charge in [0.1, 0.15) is 0 Å². The van der Waals surface area contributed by atoms with Crippen molar-refractivity contribution in [2.24, 2.45) is 0 Å². The summed E-state index contributed by atoms with van der Waals surface area (Å²) < 4.78 is 0. The Kier molecular flexibility index (Phi) is 5.13. The third-order valence-corrected chi connectivity index (χ3v) is 2.35. The summed E-state index contributed by atoms with van der Waals surface area (Å²) in [6.07, 6.45) is 4.07. The normalized spacial score (nSPS) is 9.94. The summed E-state index contributed by atoms with van der Waals surface area (Å²) in [7, 11) is 1.70. The van der Waals surface area contributed by atoms with Gasteiger partial charge in [0.2, 0.25) is 5.91 Å². The molecule has 1 heterocycles. The van der Waals surface area contributed by atoms with Gasteiger partial charge in [-0.05, 0) is 18.1 Å². The molecule has 0 aliphatic heterocycles. The van der Waals surface area contributed by atoms with E-state index in [0.29, 0.717) is 13.0 Å². The van der Waals surface area contributed by atoms with Gasteiger partial charge in [-0.2, -0.15) is 0 Å². The van der Waals surface area contributed by atoms with Gasteiger partial charge in [-0.3, -0.25) is 14.6 Å². The van der Waals surface area contributed by atoms with Gasteiger partial charge in [-0.1, -0.05) is 6.07 Å². The van der Waals surface area contributed by atoms with E-state index in [1.54, 1.807) is 24.3 Å². The van der Waals surface area contributed by atoms with Crippen LogP contribution in [-0.4, -0.2) is 33.9 Å². The van der Waals surface area contributed by atoms with E-state index >= 15 is 0 Å². The van der Waals surface area contributed by atoms with Crippen molar-refractivity contribution in [2.45, 2.75) is 25.8 Å². The molecule has 5 nitrogen and oxygen atoms in total. The monoisotopic (exact) mass is 236 g/mol. The lowest BCUT2D eigenvalue weighted by molar-refractivity contribution is -0.137. The zero-order valence-electron chi connectivity index (χ0n) is 9.80. The summed E-state index contributed by atoms with van der Waals surface area (Å²) in [6.45, 7) is 0.500. The van der Waals surface area contributed by atoms with Crippen LogP contribution in [0.4, 0.5) is 0 Å². The molecule has 1 rings (SSSR count). The average Bonchev–Trinajstić information content (AvgIpc) is 2.29. The van der Waals surface area contributed by atoms with Crippen LogP contribution < -0.4 is 0 Å². The van der Waals surface area contributed by atoms with Crippen LogP contribution in [0.15, 0.2) is 24.5 Å². The fourth-order valence-corrected chi connectivity index (χ4v) is 1.44. The maximum atomic E-state index is 11.6. The van der Waals surface area contributed by atoms with Crippen LogP contribution in [0.2, 0.25) is 0 Å². The van der Waals surface area contributed by atoms with Crippen molar-refractivity contribution < 1.29 is 14.7 Å². The molecule has 1 aromatic heterocycles. The van der Waals surface area contributed by atoms with Gasteiger partial charge >= 0.3 is 5.97 Å². The Morgan fingerprint density at radius 3 is 2.76 bits per heavy atom. The molecule has 17 heavy (non-hydrogen) atoms. The Balaban J connectivity index is 2.34. The molecule has 0 fully saturated rings. The molecule has 0 aromatic carbocycles. The summed E-state index contributed by atoms with van der Waals surface area (Å²) in [5.74, 6) is -0.914. The zero-order valence-corrected chi connectivity index (χ0v) is 9.80. The Morgan fingerprint density at radius 1 is 1.41 bits per heavy atom. The van der Waals surface area contributed by atoms with Gasteiger partial charge in [-0.15, -0.1) is 0 Å². The minimum atomic E-state index is -0.868. The number of carboxylic acid groups (broad SMARTS) is 1. The number of amides is 1. The van der Waals surface area contributed by atoms with E-state index in [0.717, 1.165) is 5.56 Å². The second-order valence-corrected chi connectivity index (χ2v) is 3.86. The predicted octanol–water partition coefficient (Wildman–Crippen LogP) is 1.29. The third-order valence-electron chi connectivity index (χ3n) is 2.35. The molecule has 0 radical (unpaired) electrons. The number of pyridine rings is 1. The molecule has 0 bridgehead atoms. The van der Waals surface area contributed by atoms with E-state index in [9.17, 15) is 9.59 Å². The van der Waals surface area contributed by atoms with Crippen LogP contribution in [0.5, 0.6) is 0 Å². The summed E-state index contributed by atoms with van der Waals surface area (Å²) >= 11 is 0. The first-order chi connectivity index (χ1) is 8.09. The number of nitrogens with zero attached hydrogens (tertiary/aromatic N) is 2. The number of hydrogen-bond donors (Lipinski definition) is 1. The second kappa shape index (κ2) is 6.62. The lowest BCUT2D eigenvalue weighted by Crippen LogP contribution is -2.26. The van der Waals surface area contributed by atoms with Crippen LogP contribution in [0.1, 0.15) is 24.8 Å². The maximum absolute atomic E-state index is 11.6. The Labute approximate surface area is 100 Å². The molecule has 0 aliphatic carbocycles. The molecular weight excluding hydrogens is 220 g/mol. The van der Waals surface area contributed by atoms with Crippen LogP contribution in [0.25, 0.3) is 0 Å². The van der Waals surface area contributed by atoms with Crippen LogP contribution in [-0.2, 0) is 16.1 Å². The molecule has 0 atom stereocenters. The smallest absolute Gasteiger partial charge is 0.303 e. The molecule has 0 saturated carbocycles. The largest absolute Gasteiger partial charge is 0.481 e. The first kappa shape index (κ1) is 13.2. The van der Waals surface area contributed by atoms with Gasteiger partial charge < -0.3 is 10.0 Å². The molecule has 0 unspecified atom stereocenters. The van der Waals surface area contributed by atoms with Crippen molar-refractivity contribution in [1.29, 1.82) is 0 Å². The van der Waals surface area contributed by atoms with E-state index in [-0.39, 0.29) is 18.7 Å². The fourth-order valence-electron chi connectivity index (χ4n) is 1.44. The van der Waals surface area contributed by atoms with Crippen molar-refractivity contribution in [1.82, 2.24) is 9.88 Å². The molecule has 92 valence electrons. The topological polar surface area (TPSA) is 70.5 Å². The molecule has 0 spiro atoms. The molecule has 1 amide bonds.